The van der Waals surface area contributed by atoms with Crippen molar-refractivity contribution < 1.29 is 18.3 Å². The number of H-pyrrole nitrogens is 2. The highest BCUT2D eigenvalue weighted by Gasteiger charge is 2.35. The number of aliphatic hydroxyl groups excluding tert-OH is 1. The van der Waals surface area contributed by atoms with Gasteiger partial charge in [0.2, 0.25) is 0 Å². The molecule has 3 heterocycles. The molecule has 8 nitrogen and oxygen atoms in total. The number of fused-ring (bicyclic) bond motifs is 1. The van der Waals surface area contributed by atoms with Crippen LogP contribution in [-0.2, 0) is 12.7 Å². The fourth-order valence-corrected chi connectivity index (χ4v) is 5.17. The minimum atomic E-state index is -4.57. The Bertz CT molecular complexity index is 1330. The van der Waals surface area contributed by atoms with Crippen LogP contribution in [0.4, 0.5) is 13.2 Å². The van der Waals surface area contributed by atoms with Crippen LogP contribution in [0, 0.1) is 5.92 Å². The number of nitrogens with zero attached hydrogens (tertiary/aromatic N) is 4. The van der Waals surface area contributed by atoms with Crippen LogP contribution in [0.5, 0.6) is 0 Å². The third-order valence-electron chi connectivity index (χ3n) is 7.31. The molecular formula is C26H30F3N7O. The number of alkyl halides is 3. The lowest BCUT2D eigenvalue weighted by Crippen LogP contribution is -2.22. The molecule has 1 unspecified atom stereocenters. The zero-order valence-electron chi connectivity index (χ0n) is 20.3. The summed E-state index contributed by atoms with van der Waals surface area (Å²) in [6.45, 7) is -0.128. The number of nitrogens with two attached hydrogens (primary N) is 1. The van der Waals surface area contributed by atoms with E-state index in [4.69, 9.17) is 10.8 Å². The predicted octanol–water partition coefficient (Wildman–Crippen LogP) is 5.07. The van der Waals surface area contributed by atoms with Crippen molar-refractivity contribution in [1.82, 2.24) is 30.4 Å². The van der Waals surface area contributed by atoms with Crippen LogP contribution in [0.25, 0.3) is 22.2 Å². The summed E-state index contributed by atoms with van der Waals surface area (Å²) in [5, 5.41) is 23.2. The zero-order chi connectivity index (χ0) is 26.0. The molecule has 0 radical (unpaired) electrons. The molecule has 1 aromatic carbocycles. The molecule has 11 heteroatoms. The fourth-order valence-electron chi connectivity index (χ4n) is 5.17. The van der Waals surface area contributed by atoms with Crippen molar-refractivity contribution in [1.29, 1.82) is 0 Å². The van der Waals surface area contributed by atoms with E-state index in [9.17, 15) is 13.2 Å². The molecule has 196 valence electrons. The Kier molecular flexibility index (Phi) is 7.25. The van der Waals surface area contributed by atoms with Gasteiger partial charge < -0.3 is 10.8 Å². The quantitative estimate of drug-likeness (QED) is 0.295. The summed E-state index contributed by atoms with van der Waals surface area (Å²) in [5.41, 5.74) is 7.41. The molecule has 2 saturated carbocycles. The number of benzene rings is 1. The first-order chi connectivity index (χ1) is 17.8. The van der Waals surface area contributed by atoms with Crippen LogP contribution in [0.3, 0.4) is 0 Å². The Hall–Kier alpha value is -3.31. The lowest BCUT2D eigenvalue weighted by atomic mass is 9.72. The van der Waals surface area contributed by atoms with Crippen LogP contribution in [0.2, 0.25) is 0 Å². The van der Waals surface area contributed by atoms with Gasteiger partial charge in [-0.15, -0.1) is 0 Å². The topological polar surface area (TPSA) is 129 Å². The van der Waals surface area contributed by atoms with Gasteiger partial charge >= 0.3 is 6.18 Å². The molecule has 2 aliphatic carbocycles. The summed E-state index contributed by atoms with van der Waals surface area (Å²) in [5.74, 6) is 1.29. The van der Waals surface area contributed by atoms with Gasteiger partial charge in [0.1, 0.15) is 23.5 Å². The standard InChI is InChI=1S/C21H20F3N7.C5H10O/c22-21(23,24)16-8-14-18(29-30-19(14)15(9-25)28-16)13-6-2-5-12(7-13)17(11-3-1-4-11)20-26-10-27-31-20;6-5-3-1-2-4-5/h2,5-8,10-11,17H,1,3-4,9,25H2,(H,29,30)(H,26,27,31);5-6H,1-4H2. The van der Waals surface area contributed by atoms with Gasteiger partial charge in [-0.3, -0.25) is 10.2 Å². The molecule has 5 N–H and O–H groups in total. The number of nitrogens with one attached hydrogen (secondary N) is 2. The molecule has 1 atom stereocenters. The number of halogens is 3. The number of aromatic nitrogens is 6. The van der Waals surface area contributed by atoms with Crippen molar-refractivity contribution in [2.45, 2.75) is 69.7 Å². The van der Waals surface area contributed by atoms with Crippen LogP contribution >= 0.6 is 0 Å². The van der Waals surface area contributed by atoms with Gasteiger partial charge in [0.15, 0.2) is 0 Å². The Morgan fingerprint density at radius 3 is 2.41 bits per heavy atom. The molecule has 0 aliphatic heterocycles. The van der Waals surface area contributed by atoms with E-state index in [2.05, 4.69) is 30.4 Å². The number of rotatable bonds is 5. The van der Waals surface area contributed by atoms with Gasteiger partial charge in [0.25, 0.3) is 0 Å². The SMILES string of the molecule is NCc1nc(C(F)(F)F)cc2c(-c3cccc(C(c4ncn[nH]4)C4CCC4)c3)n[nH]c12.OC1CCCC1. The highest BCUT2D eigenvalue weighted by Crippen LogP contribution is 2.43. The maximum absolute atomic E-state index is 13.4. The summed E-state index contributed by atoms with van der Waals surface area (Å²) in [4.78, 5) is 8.04. The summed E-state index contributed by atoms with van der Waals surface area (Å²) in [6.07, 6.45) is 4.89. The maximum Gasteiger partial charge on any atom is 0.433 e. The molecule has 0 amide bonds. The van der Waals surface area contributed by atoms with Gasteiger partial charge in [-0.25, -0.2) is 9.97 Å². The van der Waals surface area contributed by atoms with Crippen molar-refractivity contribution in [3.8, 4) is 11.3 Å². The van der Waals surface area contributed by atoms with Gasteiger partial charge in [0.05, 0.1) is 17.3 Å². The van der Waals surface area contributed by atoms with Crippen molar-refractivity contribution in [2.24, 2.45) is 11.7 Å². The van der Waals surface area contributed by atoms with Gasteiger partial charge in [-0.1, -0.05) is 37.5 Å². The Labute approximate surface area is 211 Å². The number of hydrogen-bond donors (Lipinski definition) is 4. The van der Waals surface area contributed by atoms with E-state index in [1.54, 1.807) is 0 Å². The summed E-state index contributed by atoms with van der Waals surface area (Å²) >= 11 is 0. The second-order valence-electron chi connectivity index (χ2n) is 9.75. The largest absolute Gasteiger partial charge is 0.433 e. The number of pyridine rings is 1. The minimum Gasteiger partial charge on any atom is -0.393 e. The third-order valence-corrected chi connectivity index (χ3v) is 7.31. The Morgan fingerprint density at radius 1 is 1.05 bits per heavy atom. The summed E-state index contributed by atoms with van der Waals surface area (Å²) in [6, 6.07) is 8.74. The lowest BCUT2D eigenvalue weighted by molar-refractivity contribution is -0.141. The first-order valence-electron chi connectivity index (χ1n) is 12.6. The van der Waals surface area contributed by atoms with E-state index in [1.165, 1.54) is 25.6 Å². The molecule has 37 heavy (non-hydrogen) atoms. The van der Waals surface area contributed by atoms with E-state index in [0.29, 0.717) is 22.5 Å². The van der Waals surface area contributed by atoms with Crippen LogP contribution in [-0.4, -0.2) is 41.6 Å². The molecule has 6 rings (SSSR count). The second kappa shape index (κ2) is 10.6. The first kappa shape index (κ1) is 25.3. The Balaban J connectivity index is 0.000000412. The van der Waals surface area contributed by atoms with Crippen LogP contribution in [0.1, 0.15) is 73.6 Å². The normalized spacial score (nSPS) is 17.4. The Morgan fingerprint density at radius 2 is 1.84 bits per heavy atom. The van der Waals surface area contributed by atoms with Crippen LogP contribution < -0.4 is 5.73 Å². The summed E-state index contributed by atoms with van der Waals surface area (Å²) in [7, 11) is 0. The van der Waals surface area contributed by atoms with Gasteiger partial charge in [-0.05, 0) is 49.3 Å². The predicted molar refractivity (Wildman–Crippen MR) is 132 cm³/mol. The molecule has 3 aromatic heterocycles. The molecule has 0 bridgehead atoms. The second-order valence-corrected chi connectivity index (χ2v) is 9.75. The molecule has 2 aliphatic rings. The van der Waals surface area contributed by atoms with E-state index in [1.807, 2.05) is 24.3 Å². The number of hydrogen-bond acceptors (Lipinski definition) is 6. The molecule has 0 spiro atoms. The first-order valence-corrected chi connectivity index (χ1v) is 12.6. The fraction of sp³-hybridized carbons (Fsp3) is 0.462. The van der Waals surface area contributed by atoms with E-state index in [-0.39, 0.29) is 24.3 Å². The third kappa shape index (κ3) is 5.37. The molecular weight excluding hydrogens is 483 g/mol. The minimum absolute atomic E-state index is 0.0463. The van der Waals surface area contributed by atoms with E-state index >= 15 is 0 Å². The smallest absolute Gasteiger partial charge is 0.393 e. The van der Waals surface area contributed by atoms with Crippen molar-refractivity contribution in [2.75, 3.05) is 0 Å². The highest BCUT2D eigenvalue weighted by atomic mass is 19.4. The van der Waals surface area contributed by atoms with Crippen molar-refractivity contribution in [3.05, 3.63) is 59.4 Å². The molecule has 0 saturated heterocycles. The van der Waals surface area contributed by atoms with Crippen molar-refractivity contribution in [3.63, 3.8) is 0 Å². The monoisotopic (exact) mass is 513 g/mol. The molecule has 4 aromatic rings. The number of aliphatic hydroxyl groups is 1. The number of aromatic amines is 2. The average Bonchev–Trinajstić information content (AvgIpc) is 3.62. The van der Waals surface area contributed by atoms with E-state index in [0.717, 1.165) is 48.7 Å². The van der Waals surface area contributed by atoms with Crippen molar-refractivity contribution >= 4 is 10.9 Å². The van der Waals surface area contributed by atoms with Gasteiger partial charge in [-0.2, -0.15) is 23.4 Å². The van der Waals surface area contributed by atoms with E-state index < -0.39 is 11.9 Å². The summed E-state index contributed by atoms with van der Waals surface area (Å²) < 4.78 is 40.2. The van der Waals surface area contributed by atoms with Gasteiger partial charge in [0, 0.05) is 23.4 Å². The maximum atomic E-state index is 13.4. The molecule has 2 fully saturated rings. The highest BCUT2D eigenvalue weighted by molar-refractivity contribution is 5.94. The lowest BCUT2D eigenvalue weighted by Gasteiger charge is -2.33. The van der Waals surface area contributed by atoms with Crippen LogP contribution in [0.15, 0.2) is 36.7 Å². The zero-order valence-corrected chi connectivity index (χ0v) is 20.3. The average molecular weight is 514 g/mol.